The number of hydrogen-bond donors (Lipinski definition) is 1. The first-order chi connectivity index (χ1) is 12.4. The van der Waals surface area contributed by atoms with E-state index in [1.807, 2.05) is 24.3 Å². The summed E-state index contributed by atoms with van der Waals surface area (Å²) in [6.07, 6.45) is 0. The molecule has 2 aromatic carbocycles. The molecule has 1 fully saturated rings. The van der Waals surface area contributed by atoms with Gasteiger partial charge in [0.05, 0.1) is 4.92 Å². The van der Waals surface area contributed by atoms with E-state index in [2.05, 4.69) is 9.80 Å². The van der Waals surface area contributed by atoms with Crippen LogP contribution in [0.4, 0.5) is 17.1 Å². The average molecular weight is 432 g/mol. The third-order valence-electron chi connectivity index (χ3n) is 4.78. The number of rotatable bonds is 4. The Labute approximate surface area is 174 Å². The molecule has 1 saturated heterocycles. The summed E-state index contributed by atoms with van der Waals surface area (Å²) in [6.45, 7) is 5.47. The Hall–Kier alpha value is -1.73. The molecule has 0 amide bonds. The van der Waals surface area contributed by atoms with Crippen molar-refractivity contribution in [1.29, 1.82) is 0 Å². The Bertz CT molecular complexity index is 819. The topological polar surface area (TPSA) is 75.6 Å². The van der Waals surface area contributed by atoms with Crippen molar-refractivity contribution >= 4 is 52.7 Å². The highest BCUT2D eigenvalue weighted by molar-refractivity contribution is 6.35. The maximum atomic E-state index is 11.2. The number of nitro benzene ring substituents is 1. The van der Waals surface area contributed by atoms with Crippen molar-refractivity contribution in [2.75, 3.05) is 36.8 Å². The Morgan fingerprint density at radius 1 is 1.15 bits per heavy atom. The predicted octanol–water partition coefficient (Wildman–Crippen LogP) is 4.54. The molecule has 27 heavy (non-hydrogen) atoms. The summed E-state index contributed by atoms with van der Waals surface area (Å²) in [5.41, 5.74) is 8.68. The quantitative estimate of drug-likeness (QED) is 0.437. The van der Waals surface area contributed by atoms with Gasteiger partial charge in [0.2, 0.25) is 0 Å². The summed E-state index contributed by atoms with van der Waals surface area (Å²) < 4.78 is 0. The van der Waals surface area contributed by atoms with Gasteiger partial charge in [0.15, 0.2) is 0 Å². The van der Waals surface area contributed by atoms with Crippen LogP contribution in [0.25, 0.3) is 0 Å². The average Bonchev–Trinajstić information content (AvgIpc) is 2.61. The zero-order chi connectivity index (χ0) is 18.8. The number of hydrogen-bond acceptors (Lipinski definition) is 5. The molecule has 0 bridgehead atoms. The van der Waals surface area contributed by atoms with Crippen LogP contribution in [0, 0.1) is 17.0 Å². The van der Waals surface area contributed by atoms with E-state index in [0.29, 0.717) is 27.8 Å². The van der Waals surface area contributed by atoms with Crippen molar-refractivity contribution in [1.82, 2.24) is 4.90 Å². The van der Waals surface area contributed by atoms with Crippen molar-refractivity contribution in [3.63, 3.8) is 0 Å². The summed E-state index contributed by atoms with van der Waals surface area (Å²) in [4.78, 5) is 15.2. The molecule has 1 aliphatic rings. The molecule has 6 nitrogen and oxygen atoms in total. The molecule has 2 aromatic rings. The summed E-state index contributed by atoms with van der Waals surface area (Å²) in [7, 11) is 0. The number of nitrogens with zero attached hydrogens (tertiary/aromatic N) is 3. The first kappa shape index (κ1) is 21.6. The number of nitro groups is 1. The highest BCUT2D eigenvalue weighted by atomic mass is 35.5. The first-order valence-corrected chi connectivity index (χ1v) is 9.07. The lowest BCUT2D eigenvalue weighted by atomic mass is 10.1. The van der Waals surface area contributed by atoms with E-state index in [9.17, 15) is 10.1 Å². The molecule has 0 spiro atoms. The van der Waals surface area contributed by atoms with Crippen molar-refractivity contribution < 1.29 is 4.92 Å². The van der Waals surface area contributed by atoms with Gasteiger partial charge in [-0.3, -0.25) is 15.0 Å². The second-order valence-electron chi connectivity index (χ2n) is 6.40. The minimum Gasteiger partial charge on any atom is -0.398 e. The van der Waals surface area contributed by atoms with Crippen LogP contribution in [0.2, 0.25) is 10.0 Å². The van der Waals surface area contributed by atoms with Gasteiger partial charge in [0.1, 0.15) is 0 Å². The van der Waals surface area contributed by atoms with Crippen molar-refractivity contribution in [2.24, 2.45) is 0 Å². The van der Waals surface area contributed by atoms with Crippen molar-refractivity contribution in [2.45, 2.75) is 13.5 Å². The summed E-state index contributed by atoms with van der Waals surface area (Å²) in [6, 6.07) is 8.93. The van der Waals surface area contributed by atoms with Crippen LogP contribution in [0.15, 0.2) is 30.3 Å². The van der Waals surface area contributed by atoms with Gasteiger partial charge in [-0.2, -0.15) is 0 Å². The Morgan fingerprint density at radius 3 is 2.30 bits per heavy atom. The molecule has 0 aromatic heterocycles. The zero-order valence-corrected chi connectivity index (χ0v) is 17.2. The predicted molar refractivity (Wildman–Crippen MR) is 113 cm³/mol. The Kier molecular flexibility index (Phi) is 7.17. The first-order valence-electron chi connectivity index (χ1n) is 8.31. The van der Waals surface area contributed by atoms with Crippen LogP contribution in [-0.2, 0) is 6.54 Å². The smallest absolute Gasteiger partial charge is 0.276 e. The maximum absolute atomic E-state index is 11.2. The maximum Gasteiger partial charge on any atom is 0.276 e. The van der Waals surface area contributed by atoms with Crippen LogP contribution in [0.5, 0.6) is 0 Å². The van der Waals surface area contributed by atoms with E-state index in [-0.39, 0.29) is 23.0 Å². The SMILES string of the molecule is Cc1c(N)cc(N2CCN(Cc3c(Cl)cccc3Cl)CC2)cc1[N+](=O)[O-].Cl. The molecule has 1 aliphatic heterocycles. The molecule has 1 heterocycles. The molecular weight excluding hydrogens is 411 g/mol. The fourth-order valence-electron chi connectivity index (χ4n) is 3.15. The number of halogens is 3. The lowest BCUT2D eigenvalue weighted by Gasteiger charge is -2.36. The monoisotopic (exact) mass is 430 g/mol. The van der Waals surface area contributed by atoms with Gasteiger partial charge in [0.25, 0.3) is 5.69 Å². The molecule has 0 saturated carbocycles. The summed E-state index contributed by atoms with van der Waals surface area (Å²) in [5, 5.41) is 12.6. The van der Waals surface area contributed by atoms with Gasteiger partial charge in [-0.05, 0) is 25.1 Å². The molecule has 2 N–H and O–H groups in total. The lowest BCUT2D eigenvalue weighted by molar-refractivity contribution is -0.385. The third-order valence-corrected chi connectivity index (χ3v) is 5.49. The van der Waals surface area contributed by atoms with Gasteiger partial charge in [-0.25, -0.2) is 0 Å². The van der Waals surface area contributed by atoms with Crippen LogP contribution >= 0.6 is 35.6 Å². The highest BCUT2D eigenvalue weighted by Crippen LogP contribution is 2.31. The zero-order valence-electron chi connectivity index (χ0n) is 14.8. The third kappa shape index (κ3) is 4.76. The van der Waals surface area contributed by atoms with Gasteiger partial charge in [-0.1, -0.05) is 29.3 Å². The van der Waals surface area contributed by atoms with E-state index in [1.54, 1.807) is 13.0 Å². The number of nitrogen functional groups attached to an aromatic ring is 1. The molecular formula is C18H21Cl3N4O2. The van der Waals surface area contributed by atoms with E-state index >= 15 is 0 Å². The van der Waals surface area contributed by atoms with Gasteiger partial charge >= 0.3 is 0 Å². The minimum absolute atomic E-state index is 0. The normalized spacial score (nSPS) is 14.7. The van der Waals surface area contributed by atoms with Crippen molar-refractivity contribution in [3.8, 4) is 0 Å². The number of nitrogens with two attached hydrogens (primary N) is 1. The summed E-state index contributed by atoms with van der Waals surface area (Å²) in [5.74, 6) is 0. The fraction of sp³-hybridized carbons (Fsp3) is 0.333. The van der Waals surface area contributed by atoms with E-state index in [0.717, 1.165) is 37.4 Å². The standard InChI is InChI=1S/C18H20Cl2N4O2.ClH/c1-12-17(21)9-13(10-18(12)24(25)26)23-7-5-22(6-8-23)11-14-15(19)3-2-4-16(14)20;/h2-4,9-10H,5-8,11,21H2,1H3;1H. The largest absolute Gasteiger partial charge is 0.398 e. The van der Waals surface area contributed by atoms with Crippen molar-refractivity contribution in [3.05, 3.63) is 61.6 Å². The van der Waals surface area contributed by atoms with Gasteiger partial charge < -0.3 is 10.6 Å². The Balaban J connectivity index is 0.00000261. The highest BCUT2D eigenvalue weighted by Gasteiger charge is 2.22. The molecule has 9 heteroatoms. The molecule has 0 aliphatic carbocycles. The molecule has 3 rings (SSSR count). The molecule has 0 atom stereocenters. The minimum atomic E-state index is -0.384. The lowest BCUT2D eigenvalue weighted by Crippen LogP contribution is -2.46. The number of piperazine rings is 1. The summed E-state index contributed by atoms with van der Waals surface area (Å²) >= 11 is 12.5. The van der Waals surface area contributed by atoms with Crippen LogP contribution in [-0.4, -0.2) is 36.0 Å². The van der Waals surface area contributed by atoms with Crippen LogP contribution in [0.3, 0.4) is 0 Å². The van der Waals surface area contributed by atoms with E-state index in [4.69, 9.17) is 28.9 Å². The molecule has 0 radical (unpaired) electrons. The molecule has 0 unspecified atom stereocenters. The van der Waals surface area contributed by atoms with E-state index < -0.39 is 0 Å². The second-order valence-corrected chi connectivity index (χ2v) is 7.21. The fourth-order valence-corrected chi connectivity index (χ4v) is 3.67. The number of benzene rings is 2. The Morgan fingerprint density at radius 2 is 1.74 bits per heavy atom. The van der Waals surface area contributed by atoms with E-state index in [1.165, 1.54) is 0 Å². The second kappa shape index (κ2) is 8.97. The van der Waals surface area contributed by atoms with Gasteiger partial charge in [-0.15, -0.1) is 12.4 Å². The number of anilines is 2. The van der Waals surface area contributed by atoms with Crippen LogP contribution < -0.4 is 10.6 Å². The van der Waals surface area contributed by atoms with Crippen LogP contribution in [0.1, 0.15) is 11.1 Å². The molecule has 146 valence electrons. The van der Waals surface area contributed by atoms with Gasteiger partial charge in [0, 0.05) is 71.3 Å².